The van der Waals surface area contributed by atoms with Crippen molar-refractivity contribution in [1.82, 2.24) is 14.5 Å². The number of nitriles is 1. The summed E-state index contributed by atoms with van der Waals surface area (Å²) in [6.45, 7) is 7.01. The predicted molar refractivity (Wildman–Crippen MR) is 113 cm³/mol. The Morgan fingerprint density at radius 3 is 2.62 bits per heavy atom. The number of rotatable bonds is 4. The first-order valence-electron chi connectivity index (χ1n) is 9.30. The molecular formula is C21H26N6O2. The number of carbonyl (C=O) groups excluding carboxylic acids is 1. The number of nitrogens with two attached hydrogens (primary N) is 1. The molecule has 8 heteroatoms. The first-order chi connectivity index (χ1) is 14.0. The second kappa shape index (κ2) is 10.1. The standard InChI is InChI=1S/C13H13N5O.C8H13NO/c1-8(16)11(5-15)9-3-12(19-2)13-10(4-14)6-17-18(13)7-9;1-2-8(10)9-6-4-3-5-7-9/h3,5-7,15H,16H2,1-2H3;2H,1,3-7H2/b11-8+,15-5?;. The number of likely N-dealkylation sites (tertiary alicyclic amines) is 1. The van der Waals surface area contributed by atoms with E-state index in [1.54, 1.807) is 23.7 Å². The summed E-state index contributed by atoms with van der Waals surface area (Å²) >= 11 is 0. The molecule has 2 aromatic rings. The van der Waals surface area contributed by atoms with E-state index >= 15 is 0 Å². The minimum atomic E-state index is 0.0831. The van der Waals surface area contributed by atoms with E-state index in [1.165, 1.54) is 32.0 Å². The molecule has 3 rings (SSSR count). The normalized spacial score (nSPS) is 14.2. The monoisotopic (exact) mass is 394 g/mol. The molecule has 1 fully saturated rings. The number of ether oxygens (including phenoxy) is 1. The van der Waals surface area contributed by atoms with Gasteiger partial charge < -0.3 is 20.8 Å². The lowest BCUT2D eigenvalue weighted by atomic mass is 10.1. The van der Waals surface area contributed by atoms with Crippen LogP contribution in [0, 0.1) is 16.7 Å². The molecule has 8 nitrogen and oxygen atoms in total. The Bertz CT molecular complexity index is 973. The number of carbonyl (C=O) groups is 1. The van der Waals surface area contributed by atoms with Gasteiger partial charge in [-0.3, -0.25) is 4.79 Å². The Hall–Kier alpha value is -3.60. The lowest BCUT2D eigenvalue weighted by Gasteiger charge is -2.25. The maximum absolute atomic E-state index is 11.0. The van der Waals surface area contributed by atoms with Crippen molar-refractivity contribution in [3.8, 4) is 11.8 Å². The van der Waals surface area contributed by atoms with Crippen molar-refractivity contribution in [2.45, 2.75) is 26.2 Å². The Morgan fingerprint density at radius 2 is 2.10 bits per heavy atom. The number of hydrogen-bond acceptors (Lipinski definition) is 6. The van der Waals surface area contributed by atoms with E-state index in [0.717, 1.165) is 25.9 Å². The first kappa shape index (κ1) is 21.7. The van der Waals surface area contributed by atoms with Gasteiger partial charge in [-0.05, 0) is 38.3 Å². The van der Waals surface area contributed by atoms with E-state index in [4.69, 9.17) is 21.1 Å². The predicted octanol–water partition coefficient (Wildman–Crippen LogP) is 2.74. The molecule has 1 saturated heterocycles. The molecule has 0 aromatic carbocycles. The Balaban J connectivity index is 0.000000253. The molecule has 29 heavy (non-hydrogen) atoms. The molecule has 3 N–H and O–H groups in total. The highest BCUT2D eigenvalue weighted by molar-refractivity contribution is 6.09. The van der Waals surface area contributed by atoms with Gasteiger partial charge in [0, 0.05) is 42.3 Å². The summed E-state index contributed by atoms with van der Waals surface area (Å²) in [5, 5.41) is 20.6. The Labute approximate surface area is 170 Å². The van der Waals surface area contributed by atoms with Crippen LogP contribution in [0.5, 0.6) is 5.75 Å². The number of nitrogens with one attached hydrogen (secondary N) is 1. The van der Waals surface area contributed by atoms with Crippen molar-refractivity contribution in [2.24, 2.45) is 5.73 Å². The van der Waals surface area contributed by atoms with Gasteiger partial charge in [-0.2, -0.15) is 10.4 Å². The van der Waals surface area contributed by atoms with E-state index in [0.29, 0.717) is 33.7 Å². The molecule has 1 amide bonds. The fraction of sp³-hybridized carbons (Fsp3) is 0.333. The van der Waals surface area contributed by atoms with E-state index in [2.05, 4.69) is 17.7 Å². The summed E-state index contributed by atoms with van der Waals surface area (Å²) < 4.78 is 6.85. The van der Waals surface area contributed by atoms with E-state index in [-0.39, 0.29) is 5.91 Å². The van der Waals surface area contributed by atoms with Crippen LogP contribution in [0.25, 0.3) is 11.1 Å². The van der Waals surface area contributed by atoms with Crippen LogP contribution >= 0.6 is 0 Å². The van der Waals surface area contributed by atoms with Gasteiger partial charge in [0.25, 0.3) is 0 Å². The molecule has 0 radical (unpaired) electrons. The molecule has 0 spiro atoms. The third-order valence-corrected chi connectivity index (χ3v) is 4.64. The van der Waals surface area contributed by atoms with E-state index in [1.807, 2.05) is 4.90 Å². The number of hydrogen-bond donors (Lipinski definition) is 2. The van der Waals surface area contributed by atoms with Gasteiger partial charge in [0.15, 0.2) is 0 Å². The van der Waals surface area contributed by atoms with Gasteiger partial charge in [0.2, 0.25) is 5.91 Å². The molecule has 0 unspecified atom stereocenters. The molecule has 152 valence electrons. The summed E-state index contributed by atoms with van der Waals surface area (Å²) in [5.41, 5.74) is 8.63. The molecular weight excluding hydrogens is 368 g/mol. The van der Waals surface area contributed by atoms with Gasteiger partial charge in [0.05, 0.1) is 13.3 Å². The highest BCUT2D eigenvalue weighted by Crippen LogP contribution is 2.27. The fourth-order valence-electron chi connectivity index (χ4n) is 3.14. The zero-order chi connectivity index (χ0) is 21.4. The largest absolute Gasteiger partial charge is 0.494 e. The van der Waals surface area contributed by atoms with Crippen LogP contribution < -0.4 is 10.5 Å². The van der Waals surface area contributed by atoms with Gasteiger partial charge >= 0.3 is 0 Å². The van der Waals surface area contributed by atoms with E-state index < -0.39 is 0 Å². The highest BCUT2D eigenvalue weighted by Gasteiger charge is 2.14. The van der Waals surface area contributed by atoms with Crippen molar-refractivity contribution in [2.75, 3.05) is 20.2 Å². The van der Waals surface area contributed by atoms with Crippen molar-refractivity contribution in [3.05, 3.63) is 47.9 Å². The maximum atomic E-state index is 11.0. The third-order valence-electron chi connectivity index (χ3n) is 4.64. The summed E-state index contributed by atoms with van der Waals surface area (Å²) in [5.74, 6) is 0.604. The van der Waals surface area contributed by atoms with Crippen LogP contribution in [-0.2, 0) is 4.79 Å². The van der Waals surface area contributed by atoms with Gasteiger partial charge in [-0.15, -0.1) is 0 Å². The summed E-state index contributed by atoms with van der Waals surface area (Å²) in [7, 11) is 1.52. The topological polar surface area (TPSA) is 120 Å². The van der Waals surface area contributed by atoms with Crippen LogP contribution in [0.2, 0.25) is 0 Å². The molecule has 0 aliphatic carbocycles. The van der Waals surface area contributed by atoms with Gasteiger partial charge in [0.1, 0.15) is 22.9 Å². The summed E-state index contributed by atoms with van der Waals surface area (Å²) in [6.07, 6.45) is 9.34. The molecule has 2 aromatic heterocycles. The molecule has 1 aliphatic heterocycles. The van der Waals surface area contributed by atoms with Gasteiger partial charge in [-0.1, -0.05) is 6.58 Å². The van der Waals surface area contributed by atoms with Crippen molar-refractivity contribution < 1.29 is 9.53 Å². The van der Waals surface area contributed by atoms with Crippen LogP contribution in [0.4, 0.5) is 0 Å². The number of pyridine rings is 1. The average Bonchev–Trinajstić information content (AvgIpc) is 3.17. The smallest absolute Gasteiger partial charge is 0.245 e. The summed E-state index contributed by atoms with van der Waals surface area (Å²) in [6, 6.07) is 3.81. The number of allylic oxidation sites excluding steroid dienone is 2. The molecule has 0 saturated carbocycles. The van der Waals surface area contributed by atoms with Crippen LogP contribution in [0.15, 0.2) is 36.8 Å². The number of amides is 1. The molecule has 3 heterocycles. The minimum absolute atomic E-state index is 0.0831. The fourth-order valence-corrected chi connectivity index (χ4v) is 3.14. The Kier molecular flexibility index (Phi) is 7.54. The third kappa shape index (κ3) is 5.02. The number of methoxy groups -OCH3 is 1. The quantitative estimate of drug-likeness (QED) is 0.610. The number of fused-ring (bicyclic) bond motifs is 1. The molecule has 0 atom stereocenters. The summed E-state index contributed by atoms with van der Waals surface area (Å²) in [4.78, 5) is 12.8. The van der Waals surface area contributed by atoms with Crippen molar-refractivity contribution in [3.63, 3.8) is 0 Å². The molecule has 1 aliphatic rings. The van der Waals surface area contributed by atoms with Crippen LogP contribution in [0.3, 0.4) is 0 Å². The van der Waals surface area contributed by atoms with E-state index in [9.17, 15) is 4.79 Å². The number of aromatic nitrogens is 2. The lowest BCUT2D eigenvalue weighted by Crippen LogP contribution is -2.34. The van der Waals surface area contributed by atoms with Crippen molar-refractivity contribution in [1.29, 1.82) is 10.7 Å². The number of piperidine rings is 1. The minimum Gasteiger partial charge on any atom is -0.494 e. The van der Waals surface area contributed by atoms with Crippen LogP contribution in [0.1, 0.15) is 37.3 Å². The zero-order valence-corrected chi connectivity index (χ0v) is 16.8. The second-order valence-corrected chi connectivity index (χ2v) is 6.59. The SMILES string of the molecule is C=CC(=O)N1CCCCC1.COc1cc(/C(C=N)=C(\C)N)cn2ncc(C#N)c12. The average molecular weight is 394 g/mol. The molecule has 0 bridgehead atoms. The maximum Gasteiger partial charge on any atom is 0.245 e. The first-order valence-corrected chi connectivity index (χ1v) is 9.30. The van der Waals surface area contributed by atoms with Crippen LogP contribution in [-0.4, -0.2) is 46.8 Å². The zero-order valence-electron chi connectivity index (χ0n) is 16.8. The second-order valence-electron chi connectivity index (χ2n) is 6.59. The Morgan fingerprint density at radius 1 is 1.41 bits per heavy atom. The lowest BCUT2D eigenvalue weighted by molar-refractivity contribution is -0.126. The van der Waals surface area contributed by atoms with Crippen molar-refractivity contribution >= 4 is 23.2 Å². The van der Waals surface area contributed by atoms with Gasteiger partial charge in [-0.25, -0.2) is 4.52 Å². The number of nitrogens with zero attached hydrogens (tertiary/aromatic N) is 4. The highest BCUT2D eigenvalue weighted by atomic mass is 16.5.